The number of benzene rings is 1. The molecule has 0 fully saturated rings. The molecule has 88 valence electrons. The number of nitrogens with two attached hydrogens (primary N) is 1. The molecular weight excluding hydrogens is 230 g/mol. The van der Waals surface area contributed by atoms with Crippen molar-refractivity contribution in [2.45, 2.75) is 19.8 Å². The molecule has 0 aliphatic heterocycles. The third-order valence-electron chi connectivity index (χ3n) is 2.55. The highest BCUT2D eigenvalue weighted by Gasteiger charge is 2.25. The third kappa shape index (κ3) is 2.13. The van der Waals surface area contributed by atoms with Crippen LogP contribution in [-0.4, -0.2) is 22.7 Å². The van der Waals surface area contributed by atoms with Gasteiger partial charge in [0.1, 0.15) is 5.75 Å². The standard InChI is InChI=1S/C11H14ClNO3/c1-5-3-6(2)9(12)10(14)8(5)7(4-13)11(15)16/h3,7,14H,4,13H2,1-2H3,(H,15,16). The minimum atomic E-state index is -1.07. The molecule has 0 aliphatic rings. The zero-order chi connectivity index (χ0) is 12.5. The van der Waals surface area contributed by atoms with E-state index in [9.17, 15) is 9.90 Å². The van der Waals surface area contributed by atoms with Gasteiger partial charge >= 0.3 is 5.97 Å². The predicted octanol–water partition coefficient (Wildman–Crippen LogP) is 1.79. The summed E-state index contributed by atoms with van der Waals surface area (Å²) < 4.78 is 0. The van der Waals surface area contributed by atoms with Crippen LogP contribution in [0.1, 0.15) is 22.6 Å². The Kier molecular flexibility index (Phi) is 3.78. The summed E-state index contributed by atoms with van der Waals surface area (Å²) in [5, 5.41) is 19.0. The molecule has 0 saturated heterocycles. The predicted molar refractivity (Wildman–Crippen MR) is 62.0 cm³/mol. The number of rotatable bonds is 3. The van der Waals surface area contributed by atoms with E-state index in [1.54, 1.807) is 19.9 Å². The summed E-state index contributed by atoms with van der Waals surface area (Å²) in [7, 11) is 0. The maximum absolute atomic E-state index is 11.0. The largest absolute Gasteiger partial charge is 0.506 e. The maximum atomic E-state index is 11.0. The van der Waals surface area contributed by atoms with Crippen molar-refractivity contribution in [2.75, 3.05) is 6.54 Å². The van der Waals surface area contributed by atoms with Gasteiger partial charge in [0, 0.05) is 12.1 Å². The van der Waals surface area contributed by atoms with E-state index in [1.807, 2.05) is 0 Å². The van der Waals surface area contributed by atoms with Crippen LogP contribution < -0.4 is 5.73 Å². The van der Waals surface area contributed by atoms with Gasteiger partial charge in [0.25, 0.3) is 0 Å². The van der Waals surface area contributed by atoms with Crippen LogP contribution in [0.25, 0.3) is 0 Å². The zero-order valence-electron chi connectivity index (χ0n) is 9.12. The summed E-state index contributed by atoms with van der Waals surface area (Å²) in [6.45, 7) is 3.39. The Morgan fingerprint density at radius 1 is 1.50 bits per heavy atom. The lowest BCUT2D eigenvalue weighted by Crippen LogP contribution is -2.22. The maximum Gasteiger partial charge on any atom is 0.312 e. The van der Waals surface area contributed by atoms with Gasteiger partial charge in [-0.05, 0) is 25.0 Å². The van der Waals surface area contributed by atoms with Crippen molar-refractivity contribution >= 4 is 17.6 Å². The van der Waals surface area contributed by atoms with Crippen molar-refractivity contribution in [3.8, 4) is 5.75 Å². The molecule has 4 nitrogen and oxygen atoms in total. The molecule has 0 saturated carbocycles. The van der Waals surface area contributed by atoms with Crippen molar-refractivity contribution < 1.29 is 15.0 Å². The first-order valence-corrected chi connectivity index (χ1v) is 5.19. The number of aromatic hydroxyl groups is 1. The second-order valence-corrected chi connectivity index (χ2v) is 4.09. The van der Waals surface area contributed by atoms with Crippen molar-refractivity contribution in [3.63, 3.8) is 0 Å². The Balaban J connectivity index is 3.43. The molecule has 0 heterocycles. The molecule has 0 amide bonds. The number of carboxylic acid groups (broad SMARTS) is 1. The van der Waals surface area contributed by atoms with Crippen LogP contribution in [0.5, 0.6) is 5.75 Å². The van der Waals surface area contributed by atoms with Crippen LogP contribution in [0.4, 0.5) is 0 Å². The summed E-state index contributed by atoms with van der Waals surface area (Å²) in [6, 6.07) is 1.74. The molecule has 0 spiro atoms. The number of carbonyl (C=O) groups is 1. The summed E-state index contributed by atoms with van der Waals surface area (Å²) in [6.07, 6.45) is 0. The number of phenols is 1. The van der Waals surface area contributed by atoms with Crippen molar-refractivity contribution in [1.29, 1.82) is 0 Å². The van der Waals surface area contributed by atoms with Crippen LogP contribution in [0.3, 0.4) is 0 Å². The van der Waals surface area contributed by atoms with Gasteiger partial charge in [0.2, 0.25) is 0 Å². The highest BCUT2D eigenvalue weighted by Crippen LogP contribution is 2.37. The van der Waals surface area contributed by atoms with Crippen LogP contribution in [0.2, 0.25) is 5.02 Å². The van der Waals surface area contributed by atoms with E-state index < -0.39 is 11.9 Å². The Labute approximate surface area is 98.6 Å². The molecule has 4 N–H and O–H groups in total. The van der Waals surface area contributed by atoms with Gasteiger partial charge < -0.3 is 15.9 Å². The molecular formula is C11H14ClNO3. The molecule has 0 bridgehead atoms. The lowest BCUT2D eigenvalue weighted by molar-refractivity contribution is -0.138. The SMILES string of the molecule is Cc1cc(C)c(C(CN)C(=O)O)c(O)c1Cl. The number of carboxylic acids is 1. The summed E-state index contributed by atoms with van der Waals surface area (Å²) in [4.78, 5) is 11.0. The number of hydrogen-bond donors (Lipinski definition) is 3. The first kappa shape index (κ1) is 12.8. The van der Waals surface area contributed by atoms with E-state index >= 15 is 0 Å². The lowest BCUT2D eigenvalue weighted by atomic mass is 9.92. The molecule has 0 radical (unpaired) electrons. The molecule has 0 aromatic heterocycles. The third-order valence-corrected chi connectivity index (χ3v) is 3.03. The van der Waals surface area contributed by atoms with Gasteiger partial charge in [-0.25, -0.2) is 0 Å². The fraction of sp³-hybridized carbons (Fsp3) is 0.364. The van der Waals surface area contributed by atoms with E-state index in [0.29, 0.717) is 16.7 Å². The fourth-order valence-electron chi connectivity index (χ4n) is 1.74. The van der Waals surface area contributed by atoms with E-state index in [1.165, 1.54) is 0 Å². The Morgan fingerprint density at radius 2 is 2.06 bits per heavy atom. The first-order valence-electron chi connectivity index (χ1n) is 4.81. The molecule has 16 heavy (non-hydrogen) atoms. The second-order valence-electron chi connectivity index (χ2n) is 3.71. The Bertz CT molecular complexity index is 432. The number of aryl methyl sites for hydroxylation is 2. The second kappa shape index (κ2) is 4.72. The topological polar surface area (TPSA) is 83.6 Å². The van der Waals surface area contributed by atoms with Crippen molar-refractivity contribution in [1.82, 2.24) is 0 Å². The van der Waals surface area contributed by atoms with Gasteiger partial charge in [-0.1, -0.05) is 17.7 Å². The summed E-state index contributed by atoms with van der Waals surface area (Å²) >= 11 is 5.88. The average Bonchev–Trinajstić information content (AvgIpc) is 2.20. The Morgan fingerprint density at radius 3 is 2.50 bits per heavy atom. The van der Waals surface area contributed by atoms with Gasteiger partial charge in [-0.15, -0.1) is 0 Å². The summed E-state index contributed by atoms with van der Waals surface area (Å²) in [5.74, 6) is -2.18. The van der Waals surface area contributed by atoms with E-state index in [2.05, 4.69) is 0 Å². The number of aliphatic carboxylic acids is 1. The molecule has 1 rings (SSSR count). The number of hydrogen-bond acceptors (Lipinski definition) is 3. The van der Waals surface area contributed by atoms with Crippen LogP contribution in [0, 0.1) is 13.8 Å². The normalized spacial score (nSPS) is 12.5. The van der Waals surface area contributed by atoms with Crippen molar-refractivity contribution in [3.05, 3.63) is 27.8 Å². The van der Waals surface area contributed by atoms with Gasteiger partial charge in [-0.2, -0.15) is 0 Å². The van der Waals surface area contributed by atoms with Crippen LogP contribution in [-0.2, 0) is 4.79 Å². The Hall–Kier alpha value is -1.26. The molecule has 1 atom stereocenters. The monoisotopic (exact) mass is 243 g/mol. The fourth-order valence-corrected chi connectivity index (χ4v) is 1.90. The average molecular weight is 244 g/mol. The quantitative estimate of drug-likeness (QED) is 0.756. The van der Waals surface area contributed by atoms with Crippen LogP contribution in [0.15, 0.2) is 6.07 Å². The lowest BCUT2D eigenvalue weighted by Gasteiger charge is -2.17. The first-order chi connectivity index (χ1) is 7.40. The minimum Gasteiger partial charge on any atom is -0.506 e. The number of phenolic OH excluding ortho intramolecular Hbond substituents is 1. The smallest absolute Gasteiger partial charge is 0.312 e. The molecule has 1 aromatic carbocycles. The van der Waals surface area contributed by atoms with Gasteiger partial charge in [0.05, 0.1) is 10.9 Å². The van der Waals surface area contributed by atoms with E-state index in [4.69, 9.17) is 22.4 Å². The van der Waals surface area contributed by atoms with E-state index in [0.717, 1.165) is 0 Å². The number of halogens is 1. The van der Waals surface area contributed by atoms with E-state index in [-0.39, 0.29) is 17.3 Å². The zero-order valence-corrected chi connectivity index (χ0v) is 9.88. The highest BCUT2D eigenvalue weighted by molar-refractivity contribution is 6.33. The minimum absolute atomic E-state index is 0.0802. The van der Waals surface area contributed by atoms with Gasteiger partial charge in [-0.3, -0.25) is 4.79 Å². The highest BCUT2D eigenvalue weighted by atomic mass is 35.5. The van der Waals surface area contributed by atoms with Gasteiger partial charge in [0.15, 0.2) is 0 Å². The molecule has 1 unspecified atom stereocenters. The molecule has 0 aliphatic carbocycles. The van der Waals surface area contributed by atoms with Crippen molar-refractivity contribution in [2.24, 2.45) is 5.73 Å². The summed E-state index contributed by atoms with van der Waals surface area (Å²) in [5.41, 5.74) is 7.08. The molecule has 1 aromatic rings. The van der Waals surface area contributed by atoms with Crippen LogP contribution >= 0.6 is 11.6 Å². The molecule has 5 heteroatoms.